The first kappa shape index (κ1) is 18.4. The van der Waals surface area contributed by atoms with Gasteiger partial charge in [0, 0.05) is 31.5 Å². The number of anilines is 1. The van der Waals surface area contributed by atoms with E-state index in [9.17, 15) is 9.18 Å². The van der Waals surface area contributed by atoms with E-state index >= 15 is 0 Å². The Labute approximate surface area is 156 Å². The Kier molecular flexibility index (Phi) is 6.04. The minimum absolute atomic E-state index is 0.269. The van der Waals surface area contributed by atoms with E-state index in [4.69, 9.17) is 0 Å². The summed E-state index contributed by atoms with van der Waals surface area (Å²) in [5, 5.41) is 6.02. The van der Waals surface area contributed by atoms with Crippen LogP contribution in [0, 0.1) is 12.7 Å². The molecular formula is C20H20FN5O. The zero-order valence-corrected chi connectivity index (χ0v) is 14.9. The second-order valence-electron chi connectivity index (χ2n) is 6.03. The number of carbonyl (C=O) groups excluding carboxylic acids is 1. The van der Waals surface area contributed by atoms with E-state index in [1.807, 2.05) is 12.1 Å². The zero-order chi connectivity index (χ0) is 19.1. The summed E-state index contributed by atoms with van der Waals surface area (Å²) in [5.74, 6) is 0.557. The molecular weight excluding hydrogens is 345 g/mol. The lowest BCUT2D eigenvalue weighted by Crippen LogP contribution is -2.27. The molecule has 0 bridgehead atoms. The van der Waals surface area contributed by atoms with E-state index < -0.39 is 0 Å². The Balaban J connectivity index is 1.57. The van der Waals surface area contributed by atoms with Crippen molar-refractivity contribution in [1.82, 2.24) is 20.3 Å². The second-order valence-corrected chi connectivity index (χ2v) is 6.03. The highest BCUT2D eigenvalue weighted by Crippen LogP contribution is 2.09. The van der Waals surface area contributed by atoms with Crippen LogP contribution in [0.15, 0.2) is 54.9 Å². The van der Waals surface area contributed by atoms with Gasteiger partial charge in [-0.2, -0.15) is 0 Å². The topological polar surface area (TPSA) is 79.8 Å². The van der Waals surface area contributed by atoms with Gasteiger partial charge in [-0.1, -0.05) is 12.1 Å². The fraction of sp³-hybridized carbons (Fsp3) is 0.200. The maximum Gasteiger partial charge on any atom is 0.270 e. The molecule has 0 aliphatic heterocycles. The molecule has 3 aromatic rings. The zero-order valence-electron chi connectivity index (χ0n) is 14.9. The first-order valence-electron chi connectivity index (χ1n) is 8.61. The van der Waals surface area contributed by atoms with E-state index in [-0.39, 0.29) is 11.7 Å². The van der Waals surface area contributed by atoms with Crippen LogP contribution in [-0.2, 0) is 13.0 Å². The van der Waals surface area contributed by atoms with E-state index in [2.05, 4.69) is 25.6 Å². The third kappa shape index (κ3) is 5.57. The quantitative estimate of drug-likeness (QED) is 0.673. The fourth-order valence-corrected chi connectivity index (χ4v) is 2.53. The number of carbonyl (C=O) groups is 1. The van der Waals surface area contributed by atoms with Crippen molar-refractivity contribution < 1.29 is 9.18 Å². The van der Waals surface area contributed by atoms with Crippen LogP contribution in [0.4, 0.5) is 10.2 Å². The van der Waals surface area contributed by atoms with Crippen molar-refractivity contribution in [2.45, 2.75) is 19.9 Å². The van der Waals surface area contributed by atoms with Crippen LogP contribution in [0.1, 0.15) is 27.4 Å². The molecule has 0 atom stereocenters. The number of pyridine rings is 1. The van der Waals surface area contributed by atoms with Crippen molar-refractivity contribution in [3.05, 3.63) is 83.3 Å². The number of hydrogen-bond acceptors (Lipinski definition) is 5. The van der Waals surface area contributed by atoms with Gasteiger partial charge < -0.3 is 10.6 Å². The second kappa shape index (κ2) is 8.84. The van der Waals surface area contributed by atoms with Gasteiger partial charge in [-0.25, -0.2) is 14.4 Å². The van der Waals surface area contributed by atoms with Crippen molar-refractivity contribution in [3.8, 4) is 0 Å². The molecule has 0 spiro atoms. The molecule has 2 N–H and O–H groups in total. The van der Waals surface area contributed by atoms with Crippen LogP contribution < -0.4 is 10.6 Å². The van der Waals surface area contributed by atoms with Crippen molar-refractivity contribution in [2.24, 2.45) is 0 Å². The van der Waals surface area contributed by atoms with Crippen molar-refractivity contribution >= 4 is 11.7 Å². The lowest BCUT2D eigenvalue weighted by atomic mass is 10.1. The average Bonchev–Trinajstić information content (AvgIpc) is 2.68. The van der Waals surface area contributed by atoms with Crippen molar-refractivity contribution in [3.63, 3.8) is 0 Å². The molecule has 0 saturated carbocycles. The summed E-state index contributed by atoms with van der Waals surface area (Å²) in [6.07, 6.45) is 4.06. The number of rotatable bonds is 7. The van der Waals surface area contributed by atoms with Crippen LogP contribution in [0.2, 0.25) is 0 Å². The summed E-state index contributed by atoms with van der Waals surface area (Å²) in [6, 6.07) is 11.7. The summed E-state index contributed by atoms with van der Waals surface area (Å²) in [6.45, 7) is 2.75. The molecule has 2 aromatic heterocycles. The number of halogens is 1. The van der Waals surface area contributed by atoms with Crippen LogP contribution >= 0.6 is 0 Å². The molecule has 2 heterocycles. The van der Waals surface area contributed by atoms with Crippen molar-refractivity contribution in [2.75, 3.05) is 11.9 Å². The summed E-state index contributed by atoms with van der Waals surface area (Å²) in [5.41, 5.74) is 2.32. The molecule has 1 amide bonds. The third-order valence-corrected chi connectivity index (χ3v) is 3.91. The van der Waals surface area contributed by atoms with Gasteiger partial charge in [0.1, 0.15) is 23.2 Å². The Morgan fingerprint density at radius 1 is 1.04 bits per heavy atom. The van der Waals surface area contributed by atoms with Crippen LogP contribution in [-0.4, -0.2) is 27.4 Å². The van der Waals surface area contributed by atoms with Gasteiger partial charge in [0.2, 0.25) is 0 Å². The summed E-state index contributed by atoms with van der Waals surface area (Å²) in [7, 11) is 0. The predicted octanol–water partition coefficient (Wildman–Crippen LogP) is 2.90. The third-order valence-electron chi connectivity index (χ3n) is 3.91. The SMILES string of the molecule is Cc1nc(NCc2ccncc2)cc(C(=O)NCCc2ccc(F)cc2)n1. The number of nitrogens with one attached hydrogen (secondary N) is 2. The summed E-state index contributed by atoms with van der Waals surface area (Å²) in [4.78, 5) is 24.9. The van der Waals surface area contributed by atoms with Gasteiger partial charge in [0.15, 0.2) is 0 Å². The Morgan fingerprint density at radius 2 is 1.78 bits per heavy atom. The first-order valence-corrected chi connectivity index (χ1v) is 8.61. The molecule has 27 heavy (non-hydrogen) atoms. The molecule has 0 aliphatic carbocycles. The summed E-state index contributed by atoms with van der Waals surface area (Å²) < 4.78 is 12.9. The highest BCUT2D eigenvalue weighted by atomic mass is 19.1. The van der Waals surface area contributed by atoms with E-state index in [1.54, 1.807) is 37.5 Å². The van der Waals surface area contributed by atoms with Crippen LogP contribution in [0.5, 0.6) is 0 Å². The van der Waals surface area contributed by atoms with E-state index in [1.165, 1.54) is 12.1 Å². The number of amides is 1. The molecule has 0 unspecified atom stereocenters. The van der Waals surface area contributed by atoms with Crippen LogP contribution in [0.3, 0.4) is 0 Å². The molecule has 138 valence electrons. The van der Waals surface area contributed by atoms with Crippen molar-refractivity contribution in [1.29, 1.82) is 0 Å². The number of aryl methyl sites for hydroxylation is 1. The number of nitrogens with zero attached hydrogens (tertiary/aromatic N) is 3. The standard InChI is InChI=1S/C20H20FN5O/c1-14-25-18(12-19(26-14)24-13-16-6-9-22-10-7-16)20(27)23-11-8-15-2-4-17(21)5-3-15/h2-7,9-10,12H,8,11,13H2,1H3,(H,23,27)(H,24,25,26). The first-order chi connectivity index (χ1) is 13.1. The molecule has 6 nitrogen and oxygen atoms in total. The number of aromatic nitrogens is 3. The maximum atomic E-state index is 12.9. The Hall–Kier alpha value is -3.35. The molecule has 0 radical (unpaired) electrons. The van der Waals surface area contributed by atoms with Gasteiger partial charge in [-0.05, 0) is 48.7 Å². The van der Waals surface area contributed by atoms with E-state index in [0.717, 1.165) is 11.1 Å². The maximum absolute atomic E-state index is 12.9. The van der Waals surface area contributed by atoms with Gasteiger partial charge >= 0.3 is 0 Å². The molecule has 7 heteroatoms. The monoisotopic (exact) mass is 365 g/mol. The lowest BCUT2D eigenvalue weighted by molar-refractivity contribution is 0.0949. The molecule has 0 aliphatic rings. The number of hydrogen-bond donors (Lipinski definition) is 2. The minimum Gasteiger partial charge on any atom is -0.366 e. The van der Waals surface area contributed by atoms with Gasteiger partial charge in [0.05, 0.1) is 0 Å². The molecule has 0 fully saturated rings. The predicted molar refractivity (Wildman–Crippen MR) is 101 cm³/mol. The largest absolute Gasteiger partial charge is 0.366 e. The highest BCUT2D eigenvalue weighted by Gasteiger charge is 2.10. The van der Waals surface area contributed by atoms with Gasteiger partial charge in [-0.15, -0.1) is 0 Å². The Morgan fingerprint density at radius 3 is 2.52 bits per heavy atom. The lowest BCUT2D eigenvalue weighted by Gasteiger charge is -2.09. The van der Waals surface area contributed by atoms with Gasteiger partial charge in [-0.3, -0.25) is 9.78 Å². The summed E-state index contributed by atoms with van der Waals surface area (Å²) >= 11 is 0. The smallest absolute Gasteiger partial charge is 0.270 e. The van der Waals surface area contributed by atoms with Gasteiger partial charge in [0.25, 0.3) is 5.91 Å². The molecule has 1 aromatic carbocycles. The highest BCUT2D eigenvalue weighted by molar-refractivity contribution is 5.92. The normalized spacial score (nSPS) is 10.4. The van der Waals surface area contributed by atoms with E-state index in [0.29, 0.717) is 36.8 Å². The molecule has 0 saturated heterocycles. The minimum atomic E-state index is -0.272. The van der Waals surface area contributed by atoms with Crippen LogP contribution in [0.25, 0.3) is 0 Å². The Bertz CT molecular complexity index is 900. The molecule has 3 rings (SSSR count). The average molecular weight is 365 g/mol. The fourth-order valence-electron chi connectivity index (χ4n) is 2.53. The number of benzene rings is 1.